The van der Waals surface area contributed by atoms with Crippen LogP contribution in [0, 0.1) is 11.9 Å². The second-order valence-electron chi connectivity index (χ2n) is 3.52. The summed E-state index contributed by atoms with van der Waals surface area (Å²) in [4.78, 5) is 11.8. The Balaban J connectivity index is 2.14. The maximum Gasteiger partial charge on any atom is 0.167 e. The van der Waals surface area contributed by atoms with Crippen molar-refractivity contribution in [2.24, 2.45) is 0 Å². The summed E-state index contributed by atoms with van der Waals surface area (Å²) in [5, 5.41) is 0. The van der Waals surface area contributed by atoms with E-state index in [4.69, 9.17) is 0 Å². The third-order valence-corrected chi connectivity index (χ3v) is 2.29. The topological polar surface area (TPSA) is 17.1 Å². The first-order valence-corrected chi connectivity index (χ1v) is 4.99. The van der Waals surface area contributed by atoms with Gasteiger partial charge in [0.1, 0.15) is 5.82 Å². The normalized spacial score (nSPS) is 10.1. The Bertz CT molecular complexity index is 491. The fraction of sp³-hybridized carbons (Fsp3) is 0.0714. The molecule has 0 aromatic heterocycles. The Morgan fingerprint density at radius 1 is 1.19 bits per heavy atom. The molecule has 79 valence electrons. The van der Waals surface area contributed by atoms with E-state index < -0.39 is 0 Å². The number of benzene rings is 2. The molecule has 0 bridgehead atoms. The van der Waals surface area contributed by atoms with E-state index >= 15 is 0 Å². The molecule has 0 saturated heterocycles. The van der Waals surface area contributed by atoms with Crippen molar-refractivity contribution in [3.05, 3.63) is 71.5 Å². The van der Waals surface area contributed by atoms with Crippen molar-refractivity contribution in [2.75, 3.05) is 0 Å². The van der Waals surface area contributed by atoms with Gasteiger partial charge < -0.3 is 0 Å². The van der Waals surface area contributed by atoms with E-state index in [0.29, 0.717) is 11.1 Å². The number of hydrogen-bond acceptors (Lipinski definition) is 1. The largest absolute Gasteiger partial charge is 0.294 e. The number of hydrogen-bond donors (Lipinski definition) is 0. The lowest BCUT2D eigenvalue weighted by Crippen LogP contribution is -2.03. The number of Topliss-reactive ketones (excluding diaryl/α,β-unsaturated/α-hetero) is 1. The van der Waals surface area contributed by atoms with Gasteiger partial charge in [0, 0.05) is 12.0 Å². The number of halogens is 1. The molecule has 0 heterocycles. The maximum absolute atomic E-state index is 12.9. The third-order valence-electron chi connectivity index (χ3n) is 2.29. The van der Waals surface area contributed by atoms with Crippen LogP contribution in [0.25, 0.3) is 0 Å². The van der Waals surface area contributed by atoms with Gasteiger partial charge in [0.2, 0.25) is 0 Å². The molecule has 0 aliphatic rings. The maximum atomic E-state index is 12.9. The molecular weight excluding hydrogens is 203 g/mol. The highest BCUT2D eigenvalue weighted by Crippen LogP contribution is 2.08. The average molecular weight is 213 g/mol. The van der Waals surface area contributed by atoms with Crippen molar-refractivity contribution in [1.82, 2.24) is 0 Å². The lowest BCUT2D eigenvalue weighted by Gasteiger charge is -2.01. The minimum Gasteiger partial charge on any atom is -0.294 e. The molecule has 2 aromatic rings. The molecular formula is C14H10FO. The van der Waals surface area contributed by atoms with Crippen molar-refractivity contribution in [1.29, 1.82) is 0 Å². The van der Waals surface area contributed by atoms with E-state index in [2.05, 4.69) is 6.07 Å². The van der Waals surface area contributed by atoms with Gasteiger partial charge in [0.25, 0.3) is 0 Å². The zero-order valence-electron chi connectivity index (χ0n) is 8.61. The first-order valence-electron chi connectivity index (χ1n) is 4.99. The van der Waals surface area contributed by atoms with Crippen LogP contribution in [0.4, 0.5) is 4.39 Å². The summed E-state index contributed by atoms with van der Waals surface area (Å²) in [6.45, 7) is 0. The molecule has 0 saturated carbocycles. The van der Waals surface area contributed by atoms with Crippen molar-refractivity contribution in [3.63, 3.8) is 0 Å². The second-order valence-corrected chi connectivity index (χ2v) is 3.52. The molecule has 0 unspecified atom stereocenters. The first-order chi connectivity index (χ1) is 7.75. The van der Waals surface area contributed by atoms with E-state index in [-0.39, 0.29) is 18.0 Å². The molecule has 0 aliphatic carbocycles. The Kier molecular flexibility index (Phi) is 3.10. The van der Waals surface area contributed by atoms with Crippen molar-refractivity contribution in [2.45, 2.75) is 6.42 Å². The fourth-order valence-corrected chi connectivity index (χ4v) is 1.51. The van der Waals surface area contributed by atoms with Gasteiger partial charge in [0.05, 0.1) is 0 Å². The molecule has 2 heteroatoms. The van der Waals surface area contributed by atoms with E-state index in [9.17, 15) is 9.18 Å². The molecule has 0 aliphatic heterocycles. The van der Waals surface area contributed by atoms with Gasteiger partial charge in [-0.2, -0.15) is 0 Å². The van der Waals surface area contributed by atoms with E-state index in [0.717, 1.165) is 0 Å². The zero-order valence-corrected chi connectivity index (χ0v) is 8.61. The van der Waals surface area contributed by atoms with Crippen LogP contribution >= 0.6 is 0 Å². The molecule has 1 nitrogen and oxygen atoms in total. The van der Waals surface area contributed by atoms with Gasteiger partial charge >= 0.3 is 0 Å². The highest BCUT2D eigenvalue weighted by atomic mass is 19.1. The van der Waals surface area contributed by atoms with Gasteiger partial charge in [-0.15, -0.1) is 0 Å². The van der Waals surface area contributed by atoms with Crippen LogP contribution in [0.5, 0.6) is 0 Å². The fourth-order valence-electron chi connectivity index (χ4n) is 1.51. The summed E-state index contributed by atoms with van der Waals surface area (Å²) in [6, 6.07) is 15.8. The van der Waals surface area contributed by atoms with Crippen LogP contribution in [-0.2, 0) is 6.42 Å². The molecule has 0 fully saturated rings. The van der Waals surface area contributed by atoms with Crippen LogP contribution in [0.1, 0.15) is 15.9 Å². The number of ketones is 1. The molecule has 1 radical (unpaired) electrons. The van der Waals surface area contributed by atoms with Gasteiger partial charge in [-0.05, 0) is 23.8 Å². The van der Waals surface area contributed by atoms with Crippen LogP contribution in [0.2, 0.25) is 0 Å². The predicted octanol–water partition coefficient (Wildman–Crippen LogP) is 3.05. The summed E-state index contributed by atoms with van der Waals surface area (Å²) in [5.41, 5.74) is 1.32. The van der Waals surface area contributed by atoms with Crippen LogP contribution < -0.4 is 0 Å². The molecule has 0 amide bonds. The van der Waals surface area contributed by atoms with Crippen LogP contribution in [0.3, 0.4) is 0 Å². The average Bonchev–Trinajstić information content (AvgIpc) is 2.30. The summed E-state index contributed by atoms with van der Waals surface area (Å²) < 4.78 is 12.9. The first kappa shape index (κ1) is 10.6. The summed E-state index contributed by atoms with van der Waals surface area (Å²) >= 11 is 0. The Morgan fingerprint density at radius 3 is 2.62 bits per heavy atom. The van der Waals surface area contributed by atoms with Crippen molar-refractivity contribution in [3.8, 4) is 0 Å². The van der Waals surface area contributed by atoms with E-state index in [1.54, 1.807) is 36.4 Å². The minimum atomic E-state index is -0.313. The lowest BCUT2D eigenvalue weighted by molar-refractivity contribution is 0.0993. The predicted molar refractivity (Wildman–Crippen MR) is 59.7 cm³/mol. The van der Waals surface area contributed by atoms with Crippen LogP contribution in [-0.4, -0.2) is 5.78 Å². The SMILES string of the molecule is O=C(Cc1cccc(F)c1)c1cc[c]cc1. The molecule has 0 spiro atoms. The van der Waals surface area contributed by atoms with Gasteiger partial charge in [-0.1, -0.05) is 36.4 Å². The Hall–Kier alpha value is -1.96. The van der Waals surface area contributed by atoms with Crippen LogP contribution in [0.15, 0.2) is 48.5 Å². The quantitative estimate of drug-likeness (QED) is 0.716. The van der Waals surface area contributed by atoms with Gasteiger partial charge in [-0.3, -0.25) is 4.79 Å². The molecule has 0 N–H and O–H groups in total. The monoisotopic (exact) mass is 213 g/mol. The standard InChI is InChI=1S/C14H10FO/c15-13-8-4-5-11(9-13)10-14(16)12-6-2-1-3-7-12/h2-9H,10H2. The molecule has 0 atom stereocenters. The Labute approximate surface area is 93.5 Å². The smallest absolute Gasteiger partial charge is 0.167 e. The third kappa shape index (κ3) is 2.54. The number of carbonyl (C=O) groups is 1. The molecule has 2 aromatic carbocycles. The van der Waals surface area contributed by atoms with E-state index in [1.807, 2.05) is 0 Å². The minimum absolute atomic E-state index is 0.0143. The Morgan fingerprint density at radius 2 is 1.94 bits per heavy atom. The number of rotatable bonds is 3. The highest BCUT2D eigenvalue weighted by Gasteiger charge is 2.06. The summed E-state index contributed by atoms with van der Waals surface area (Å²) in [7, 11) is 0. The van der Waals surface area contributed by atoms with E-state index in [1.165, 1.54) is 12.1 Å². The second kappa shape index (κ2) is 4.71. The van der Waals surface area contributed by atoms with Crippen molar-refractivity contribution >= 4 is 5.78 Å². The molecule has 16 heavy (non-hydrogen) atoms. The highest BCUT2D eigenvalue weighted by molar-refractivity contribution is 5.97. The number of carbonyl (C=O) groups excluding carboxylic acids is 1. The van der Waals surface area contributed by atoms with Crippen molar-refractivity contribution < 1.29 is 9.18 Å². The van der Waals surface area contributed by atoms with Gasteiger partial charge in [-0.25, -0.2) is 4.39 Å². The molecule has 2 rings (SSSR count). The zero-order chi connectivity index (χ0) is 11.4. The lowest BCUT2D eigenvalue weighted by atomic mass is 10.0. The van der Waals surface area contributed by atoms with Gasteiger partial charge in [0.15, 0.2) is 5.78 Å². The summed E-state index contributed by atoms with van der Waals surface area (Å²) in [5.74, 6) is -0.328. The summed E-state index contributed by atoms with van der Waals surface area (Å²) in [6.07, 6.45) is 0.224.